The van der Waals surface area contributed by atoms with Gasteiger partial charge in [-0.3, -0.25) is 0 Å². The molecule has 0 fully saturated rings. The molecular weight excluding hydrogens is 959 g/mol. The summed E-state index contributed by atoms with van der Waals surface area (Å²) in [6, 6.07) is 16.9. The van der Waals surface area contributed by atoms with Crippen molar-refractivity contribution in [2.45, 2.75) is 20.8 Å². The maximum atomic E-state index is 5.70. The van der Waals surface area contributed by atoms with E-state index in [4.69, 9.17) is 51.9 Å². The number of halogens is 7. The summed E-state index contributed by atoms with van der Waals surface area (Å²) in [6.07, 6.45) is 0. The van der Waals surface area contributed by atoms with E-state index in [9.17, 15) is 0 Å². The van der Waals surface area contributed by atoms with Gasteiger partial charge >= 0.3 is 0 Å². The minimum absolute atomic E-state index is 0.504. The van der Waals surface area contributed by atoms with E-state index in [1.807, 2.05) is 63.2 Å². The first-order chi connectivity index (χ1) is 18.0. The molecule has 0 heterocycles. The molecule has 0 aromatic heterocycles. The normalized spacial score (nSPS) is 9.79. The van der Waals surface area contributed by atoms with Crippen LogP contribution in [0.4, 0.5) is 28.4 Å². The number of rotatable bonds is 0. The van der Waals surface area contributed by atoms with Gasteiger partial charge in [-0.2, -0.15) is 0 Å². The Labute approximate surface area is 292 Å². The third-order valence-corrected chi connectivity index (χ3v) is 10.9. The largest absolute Gasteiger partial charge is 0.398 e. The second kappa shape index (κ2) is 17.3. The first-order valence-corrected chi connectivity index (χ1v) is 16.3. The van der Waals surface area contributed by atoms with Crippen molar-refractivity contribution in [2.24, 2.45) is 0 Å². The first-order valence-electron chi connectivity index (χ1n) is 11.0. The van der Waals surface area contributed by atoms with E-state index in [2.05, 4.69) is 93.0 Å². The third kappa shape index (κ3) is 12.8. The van der Waals surface area contributed by atoms with Crippen LogP contribution in [0.25, 0.3) is 0 Å². The Morgan fingerprint density at radius 2 is 0.923 bits per heavy atom. The van der Waals surface area contributed by atoms with Crippen LogP contribution in [0.5, 0.6) is 0 Å². The van der Waals surface area contributed by atoms with E-state index in [0.29, 0.717) is 27.1 Å². The highest BCUT2D eigenvalue weighted by Gasteiger charge is 2.01. The Hall–Kier alpha value is -0.640. The second-order valence-corrected chi connectivity index (χ2v) is 13.9. The Morgan fingerprint density at radius 3 is 1.36 bits per heavy atom. The number of benzene rings is 4. The minimum Gasteiger partial charge on any atom is -0.398 e. The molecule has 0 aliphatic heterocycles. The summed E-state index contributed by atoms with van der Waals surface area (Å²) in [5.41, 5.74) is 34.7. The van der Waals surface area contributed by atoms with Crippen LogP contribution in [0.3, 0.4) is 0 Å². The van der Waals surface area contributed by atoms with Crippen molar-refractivity contribution in [2.75, 3.05) is 28.7 Å². The molecule has 0 saturated heterocycles. The zero-order chi connectivity index (χ0) is 30.0. The average molecular weight is 987 g/mol. The van der Waals surface area contributed by atoms with Gasteiger partial charge < -0.3 is 28.7 Å². The summed E-state index contributed by atoms with van der Waals surface area (Å²) >= 11 is 25.9. The standard InChI is InChI=1S/C7H7Br2N.C7H8BrN.C7H7Cl2N.C6H6I2N2/c1-4-2-5(8)6(9)3-7(4)10;1-5-2-3-6(8)4-7(5)9;1-4-2-5(8)6(9)3-7(4)10;7-3-1-5(9)6(10)2-4(3)8/h2-3H,10H2,1H3;2-4H,9H2,1H3;2-3H,10H2,1H3;1-2H,9-10H2. The lowest BCUT2D eigenvalue weighted by molar-refractivity contribution is 1.43. The monoisotopic (exact) mass is 983 g/mol. The highest BCUT2D eigenvalue weighted by Crippen LogP contribution is 2.28. The summed E-state index contributed by atoms with van der Waals surface area (Å²) in [7, 11) is 0. The molecule has 0 unspecified atom stereocenters. The zero-order valence-corrected chi connectivity index (χ0v) is 31.8. The molecule has 0 aliphatic carbocycles. The molecule has 0 saturated carbocycles. The Morgan fingerprint density at radius 1 is 0.513 bits per heavy atom. The Kier molecular flexibility index (Phi) is 16.2. The van der Waals surface area contributed by atoms with Crippen molar-refractivity contribution in [1.82, 2.24) is 0 Å². The van der Waals surface area contributed by atoms with Crippen LogP contribution in [0.2, 0.25) is 10.0 Å². The summed E-state index contributed by atoms with van der Waals surface area (Å²) < 4.78 is 5.36. The number of nitrogens with two attached hydrogens (primary N) is 5. The Bertz CT molecular complexity index is 1160. The fourth-order valence-corrected chi connectivity index (χ4v) is 5.08. The quantitative estimate of drug-likeness (QED) is 0.0885. The summed E-state index contributed by atoms with van der Waals surface area (Å²) in [5, 5.41) is 1.05. The second-order valence-electron chi connectivity index (χ2n) is 8.14. The van der Waals surface area contributed by atoms with Gasteiger partial charge in [-0.15, -0.1) is 0 Å². The molecule has 0 radical (unpaired) electrons. The van der Waals surface area contributed by atoms with Gasteiger partial charge in [0, 0.05) is 37.6 Å². The van der Waals surface area contributed by atoms with Crippen LogP contribution in [0.15, 0.2) is 68.0 Å². The van der Waals surface area contributed by atoms with E-state index in [1.165, 1.54) is 0 Å². The van der Waals surface area contributed by atoms with Gasteiger partial charge in [0.25, 0.3) is 0 Å². The topological polar surface area (TPSA) is 130 Å². The number of hydrogen-bond donors (Lipinski definition) is 5. The van der Waals surface area contributed by atoms with Gasteiger partial charge in [0.1, 0.15) is 0 Å². The lowest BCUT2D eigenvalue weighted by atomic mass is 10.2. The molecule has 0 atom stereocenters. The van der Waals surface area contributed by atoms with Crippen molar-refractivity contribution in [3.05, 3.63) is 102 Å². The van der Waals surface area contributed by atoms with Crippen molar-refractivity contribution in [3.63, 3.8) is 0 Å². The molecule has 210 valence electrons. The molecule has 10 N–H and O–H groups in total. The lowest BCUT2D eigenvalue weighted by Gasteiger charge is -2.01. The maximum Gasteiger partial charge on any atom is 0.0612 e. The van der Waals surface area contributed by atoms with Crippen LogP contribution in [-0.2, 0) is 0 Å². The minimum atomic E-state index is 0.504. The fourth-order valence-electron chi connectivity index (χ4n) is 2.51. The van der Waals surface area contributed by atoms with Gasteiger partial charge in [-0.25, -0.2) is 0 Å². The molecule has 0 spiro atoms. The molecule has 0 aliphatic rings. The summed E-state index contributed by atoms with van der Waals surface area (Å²) in [5.74, 6) is 0. The number of anilines is 5. The van der Waals surface area contributed by atoms with Gasteiger partial charge in [0.2, 0.25) is 0 Å². The van der Waals surface area contributed by atoms with Gasteiger partial charge in [0.15, 0.2) is 0 Å². The van der Waals surface area contributed by atoms with Crippen molar-refractivity contribution < 1.29 is 0 Å². The van der Waals surface area contributed by atoms with Crippen LogP contribution in [0.1, 0.15) is 16.7 Å². The smallest absolute Gasteiger partial charge is 0.0612 e. The van der Waals surface area contributed by atoms with Crippen LogP contribution < -0.4 is 28.7 Å². The number of nitrogen functional groups attached to an aromatic ring is 5. The zero-order valence-electron chi connectivity index (χ0n) is 21.2. The van der Waals surface area contributed by atoms with E-state index < -0.39 is 0 Å². The number of aryl methyl sites for hydroxylation is 3. The molecule has 5 nitrogen and oxygen atoms in total. The SMILES string of the molecule is Cc1cc(Br)c(Br)cc1N.Cc1cc(Cl)c(Cl)cc1N.Cc1ccc(Br)cc1N.Nc1cc(I)c(I)cc1N. The molecule has 12 heteroatoms. The highest BCUT2D eigenvalue weighted by atomic mass is 127. The predicted octanol–water partition coefficient (Wildman–Crippen LogP) is 10.4. The van der Waals surface area contributed by atoms with Crippen LogP contribution in [-0.4, -0.2) is 0 Å². The van der Waals surface area contributed by atoms with Crippen LogP contribution >= 0.6 is 116 Å². The molecule has 0 bridgehead atoms. The summed E-state index contributed by atoms with van der Waals surface area (Å²) in [4.78, 5) is 0. The first kappa shape index (κ1) is 36.4. The summed E-state index contributed by atoms with van der Waals surface area (Å²) in [6.45, 7) is 5.85. The lowest BCUT2D eigenvalue weighted by Crippen LogP contribution is -1.96. The Balaban J connectivity index is 0.000000260. The van der Waals surface area contributed by atoms with Gasteiger partial charge in [-0.05, 0) is 163 Å². The number of hydrogen-bond acceptors (Lipinski definition) is 5. The predicted molar refractivity (Wildman–Crippen MR) is 201 cm³/mol. The van der Waals surface area contributed by atoms with Crippen molar-refractivity contribution in [3.8, 4) is 0 Å². The average Bonchev–Trinajstić information content (AvgIpc) is 2.84. The molecule has 4 aromatic carbocycles. The van der Waals surface area contributed by atoms with E-state index in [-0.39, 0.29) is 0 Å². The van der Waals surface area contributed by atoms with E-state index in [0.717, 1.165) is 48.6 Å². The molecule has 4 aromatic rings. The molecule has 0 amide bonds. The molecule has 4 rings (SSSR count). The van der Waals surface area contributed by atoms with Gasteiger partial charge in [-0.1, -0.05) is 45.2 Å². The third-order valence-electron chi connectivity index (χ3n) is 4.99. The van der Waals surface area contributed by atoms with Crippen molar-refractivity contribution >= 4 is 145 Å². The van der Waals surface area contributed by atoms with Crippen LogP contribution in [0, 0.1) is 27.9 Å². The fraction of sp³-hybridized carbons (Fsp3) is 0.111. The molecular formula is C27H28Br3Cl2I2N5. The maximum absolute atomic E-state index is 5.70. The van der Waals surface area contributed by atoms with E-state index >= 15 is 0 Å². The molecule has 39 heavy (non-hydrogen) atoms. The highest BCUT2D eigenvalue weighted by molar-refractivity contribution is 14.1. The van der Waals surface area contributed by atoms with Gasteiger partial charge in [0.05, 0.1) is 21.4 Å². The van der Waals surface area contributed by atoms with Crippen molar-refractivity contribution in [1.29, 1.82) is 0 Å². The van der Waals surface area contributed by atoms with E-state index in [1.54, 1.807) is 12.1 Å².